The standard InChI is InChI=1S/C9H20O2.2C7H6O2/c1-4-7(2)5-6-8(3)9(10)11;2*8-7(9)6-4-2-1-3-5-6/h7-11H,4-6H2,1-3H3;2*1-5H,(H,8,9). The van der Waals surface area contributed by atoms with Crippen molar-refractivity contribution < 1.29 is 30.0 Å². The lowest BCUT2D eigenvalue weighted by Crippen LogP contribution is -2.16. The van der Waals surface area contributed by atoms with Gasteiger partial charge in [0.25, 0.3) is 0 Å². The maximum Gasteiger partial charge on any atom is 0.335 e. The molecule has 0 bridgehead atoms. The monoisotopic (exact) mass is 404 g/mol. The van der Waals surface area contributed by atoms with E-state index in [1.807, 2.05) is 6.92 Å². The van der Waals surface area contributed by atoms with E-state index in [4.69, 9.17) is 20.4 Å². The van der Waals surface area contributed by atoms with Crippen molar-refractivity contribution in [1.29, 1.82) is 0 Å². The van der Waals surface area contributed by atoms with Crippen LogP contribution in [0.5, 0.6) is 0 Å². The van der Waals surface area contributed by atoms with Crippen LogP contribution in [-0.2, 0) is 0 Å². The van der Waals surface area contributed by atoms with Gasteiger partial charge in [0.1, 0.15) is 0 Å². The van der Waals surface area contributed by atoms with Crippen LogP contribution in [0.25, 0.3) is 0 Å². The molecule has 2 aromatic carbocycles. The number of carboxylic acids is 2. The third-order valence-corrected chi connectivity index (χ3v) is 4.36. The molecular weight excluding hydrogens is 372 g/mol. The Morgan fingerprint density at radius 3 is 1.38 bits per heavy atom. The van der Waals surface area contributed by atoms with Crippen molar-refractivity contribution in [2.45, 2.75) is 46.3 Å². The van der Waals surface area contributed by atoms with E-state index in [0.717, 1.165) is 12.8 Å². The molecule has 2 unspecified atom stereocenters. The largest absolute Gasteiger partial charge is 0.478 e. The highest BCUT2D eigenvalue weighted by molar-refractivity contribution is 5.87. The van der Waals surface area contributed by atoms with Gasteiger partial charge < -0.3 is 20.4 Å². The van der Waals surface area contributed by atoms with Crippen LogP contribution in [0.2, 0.25) is 0 Å². The van der Waals surface area contributed by atoms with Crippen molar-refractivity contribution >= 4 is 11.9 Å². The Hall–Kier alpha value is -2.70. The van der Waals surface area contributed by atoms with E-state index in [-0.39, 0.29) is 5.92 Å². The number of benzene rings is 2. The van der Waals surface area contributed by atoms with Gasteiger partial charge in [-0.2, -0.15) is 0 Å². The van der Waals surface area contributed by atoms with Gasteiger partial charge in [0.2, 0.25) is 0 Å². The molecule has 0 aliphatic heterocycles. The predicted octanol–water partition coefficient (Wildman–Crippen LogP) is 4.53. The van der Waals surface area contributed by atoms with Crippen molar-refractivity contribution in [2.24, 2.45) is 11.8 Å². The van der Waals surface area contributed by atoms with Crippen molar-refractivity contribution in [1.82, 2.24) is 0 Å². The quantitative estimate of drug-likeness (QED) is 0.504. The minimum absolute atomic E-state index is 0.0176. The fraction of sp³-hybridized carbons (Fsp3) is 0.391. The van der Waals surface area contributed by atoms with Gasteiger partial charge >= 0.3 is 11.9 Å². The number of aliphatic hydroxyl groups is 2. The van der Waals surface area contributed by atoms with E-state index < -0.39 is 18.2 Å². The summed E-state index contributed by atoms with van der Waals surface area (Å²) in [5, 5.41) is 34.3. The maximum absolute atomic E-state index is 10.2. The summed E-state index contributed by atoms with van der Waals surface area (Å²) in [6.45, 7) is 6.22. The van der Waals surface area contributed by atoms with Gasteiger partial charge in [0.15, 0.2) is 6.29 Å². The summed E-state index contributed by atoms with van der Waals surface area (Å²) in [6.07, 6.45) is 2.04. The zero-order valence-corrected chi connectivity index (χ0v) is 17.2. The van der Waals surface area contributed by atoms with E-state index in [2.05, 4.69) is 13.8 Å². The Bertz CT molecular complexity index is 636. The summed E-state index contributed by atoms with van der Waals surface area (Å²) in [7, 11) is 0. The van der Waals surface area contributed by atoms with Gasteiger partial charge in [0.05, 0.1) is 11.1 Å². The van der Waals surface area contributed by atoms with Gasteiger partial charge in [-0.3, -0.25) is 0 Å². The summed E-state index contributed by atoms with van der Waals surface area (Å²) in [5.74, 6) is -1.04. The molecule has 0 saturated heterocycles. The number of rotatable bonds is 7. The van der Waals surface area contributed by atoms with Gasteiger partial charge in [-0.05, 0) is 36.6 Å². The second-order valence-corrected chi connectivity index (χ2v) is 6.82. The van der Waals surface area contributed by atoms with E-state index in [9.17, 15) is 9.59 Å². The van der Waals surface area contributed by atoms with E-state index in [1.54, 1.807) is 60.7 Å². The first-order chi connectivity index (χ1) is 13.7. The molecule has 0 amide bonds. The second kappa shape index (κ2) is 15.2. The van der Waals surface area contributed by atoms with Crippen molar-refractivity contribution in [3.05, 3.63) is 71.8 Å². The molecule has 0 aliphatic carbocycles. The van der Waals surface area contributed by atoms with Crippen molar-refractivity contribution in [3.63, 3.8) is 0 Å². The third kappa shape index (κ3) is 13.2. The second-order valence-electron chi connectivity index (χ2n) is 6.82. The molecule has 2 rings (SSSR count). The summed E-state index contributed by atoms with van der Waals surface area (Å²) < 4.78 is 0. The van der Waals surface area contributed by atoms with Crippen molar-refractivity contribution in [3.8, 4) is 0 Å². The average Bonchev–Trinajstić information content (AvgIpc) is 2.73. The molecule has 0 saturated carbocycles. The number of hydrogen-bond acceptors (Lipinski definition) is 4. The van der Waals surface area contributed by atoms with Gasteiger partial charge in [-0.15, -0.1) is 0 Å². The van der Waals surface area contributed by atoms with E-state index in [0.29, 0.717) is 17.0 Å². The van der Waals surface area contributed by atoms with Gasteiger partial charge in [-0.1, -0.05) is 70.0 Å². The average molecular weight is 405 g/mol. The molecule has 0 fully saturated rings. The highest BCUT2D eigenvalue weighted by Gasteiger charge is 2.11. The van der Waals surface area contributed by atoms with Crippen LogP contribution in [0, 0.1) is 11.8 Å². The fourth-order valence-corrected chi connectivity index (χ4v) is 2.06. The SMILES string of the molecule is CCC(C)CCC(C)C(O)O.O=C(O)c1ccccc1.O=C(O)c1ccccc1. The molecule has 0 aromatic heterocycles. The van der Waals surface area contributed by atoms with Crippen LogP contribution in [0.15, 0.2) is 60.7 Å². The Labute approximate surface area is 172 Å². The Morgan fingerprint density at radius 2 is 1.14 bits per heavy atom. The smallest absolute Gasteiger partial charge is 0.335 e. The topological polar surface area (TPSA) is 115 Å². The summed E-state index contributed by atoms with van der Waals surface area (Å²) in [5.41, 5.74) is 0.662. The van der Waals surface area contributed by atoms with Crippen LogP contribution < -0.4 is 0 Å². The van der Waals surface area contributed by atoms with Gasteiger partial charge in [-0.25, -0.2) is 9.59 Å². The van der Waals surface area contributed by atoms with E-state index >= 15 is 0 Å². The highest BCUT2D eigenvalue weighted by atomic mass is 16.5. The number of aliphatic hydroxyl groups excluding tert-OH is 1. The lowest BCUT2D eigenvalue weighted by atomic mass is 9.96. The number of hydrogen-bond donors (Lipinski definition) is 4. The summed E-state index contributed by atoms with van der Waals surface area (Å²) in [4.78, 5) is 20.4. The molecule has 2 aromatic rings. The molecule has 0 heterocycles. The first kappa shape index (κ1) is 26.3. The van der Waals surface area contributed by atoms with Crippen LogP contribution in [0.4, 0.5) is 0 Å². The lowest BCUT2D eigenvalue weighted by molar-refractivity contribution is -0.0814. The van der Waals surface area contributed by atoms with Crippen LogP contribution in [-0.4, -0.2) is 38.7 Å². The summed E-state index contributed by atoms with van der Waals surface area (Å²) >= 11 is 0. The molecule has 6 nitrogen and oxygen atoms in total. The lowest BCUT2D eigenvalue weighted by Gasteiger charge is -2.15. The Kier molecular flexibility index (Phi) is 13.8. The van der Waals surface area contributed by atoms with Crippen molar-refractivity contribution in [2.75, 3.05) is 0 Å². The minimum Gasteiger partial charge on any atom is -0.478 e. The molecule has 0 spiro atoms. The predicted molar refractivity (Wildman–Crippen MR) is 113 cm³/mol. The normalized spacial score (nSPS) is 11.9. The molecule has 0 aliphatic rings. The van der Waals surface area contributed by atoms with Crippen LogP contribution in [0.1, 0.15) is 60.7 Å². The molecule has 6 heteroatoms. The molecule has 2 atom stereocenters. The first-order valence-electron chi connectivity index (χ1n) is 9.61. The molecular formula is C23H32O6. The number of carbonyl (C=O) groups is 2. The molecule has 0 radical (unpaired) electrons. The number of carboxylic acid groups (broad SMARTS) is 2. The van der Waals surface area contributed by atoms with Crippen LogP contribution in [0.3, 0.4) is 0 Å². The highest BCUT2D eigenvalue weighted by Crippen LogP contribution is 2.16. The number of aromatic carboxylic acids is 2. The van der Waals surface area contributed by atoms with Gasteiger partial charge in [0, 0.05) is 5.92 Å². The van der Waals surface area contributed by atoms with E-state index in [1.165, 1.54) is 6.42 Å². The van der Waals surface area contributed by atoms with Crippen LogP contribution >= 0.6 is 0 Å². The molecule has 4 N–H and O–H groups in total. The fourth-order valence-electron chi connectivity index (χ4n) is 2.06. The molecule has 29 heavy (non-hydrogen) atoms. The molecule has 160 valence electrons. The zero-order valence-electron chi connectivity index (χ0n) is 17.2. The third-order valence-electron chi connectivity index (χ3n) is 4.36. The zero-order chi connectivity index (χ0) is 22.2. The Morgan fingerprint density at radius 1 is 0.759 bits per heavy atom. The summed E-state index contributed by atoms with van der Waals surface area (Å²) in [6, 6.07) is 16.6. The Balaban J connectivity index is 0.000000408. The maximum atomic E-state index is 10.2. The minimum atomic E-state index is -1.14. The first-order valence-corrected chi connectivity index (χ1v) is 9.61.